The summed E-state index contributed by atoms with van der Waals surface area (Å²) in [4.78, 5) is 14.4. The van der Waals surface area contributed by atoms with Gasteiger partial charge in [0.05, 0.1) is 0 Å². The fourth-order valence-electron chi connectivity index (χ4n) is 0.913. The first-order valence-corrected chi connectivity index (χ1v) is 5.54. The Morgan fingerprint density at radius 2 is 2.21 bits per heavy atom. The van der Waals surface area contributed by atoms with E-state index in [1.807, 2.05) is 12.1 Å². The molecule has 0 aliphatic carbocycles. The topological polar surface area (TPSA) is 39.2 Å². The van der Waals surface area contributed by atoms with Gasteiger partial charge in [0, 0.05) is 30.8 Å². The van der Waals surface area contributed by atoms with Crippen molar-refractivity contribution in [2.24, 2.45) is 0 Å². The lowest BCUT2D eigenvalue weighted by molar-refractivity contribution is -0.140. The highest BCUT2D eigenvalue weighted by Crippen LogP contribution is 2.10. The first-order valence-electron chi connectivity index (χ1n) is 4.39. The minimum absolute atomic E-state index is 0.213. The second-order valence-electron chi connectivity index (χ2n) is 2.75. The lowest BCUT2D eigenvalue weighted by Gasteiger charge is -2.01. The summed E-state index contributed by atoms with van der Waals surface area (Å²) in [5.41, 5.74) is 1.24. The molecule has 14 heavy (non-hydrogen) atoms. The molecule has 0 atom stereocenters. The van der Waals surface area contributed by atoms with Gasteiger partial charge in [-0.2, -0.15) is 11.8 Å². The number of aromatic nitrogens is 1. The van der Waals surface area contributed by atoms with E-state index in [0.717, 1.165) is 11.5 Å². The quantitative estimate of drug-likeness (QED) is 0.550. The molecular formula is C10H13NO2S. The fraction of sp³-hybridized carbons (Fsp3) is 0.400. The Morgan fingerprint density at radius 3 is 2.86 bits per heavy atom. The number of pyridine rings is 1. The summed E-state index contributed by atoms with van der Waals surface area (Å²) in [7, 11) is 0. The molecule has 0 aliphatic heterocycles. The van der Waals surface area contributed by atoms with Gasteiger partial charge in [-0.15, -0.1) is 0 Å². The lowest BCUT2D eigenvalue weighted by Crippen LogP contribution is -2.02. The van der Waals surface area contributed by atoms with Gasteiger partial charge in [-0.3, -0.25) is 9.78 Å². The Hall–Kier alpha value is -1.03. The number of ether oxygens (including phenoxy) is 1. The summed E-state index contributed by atoms with van der Waals surface area (Å²) in [6.07, 6.45) is 3.56. The highest BCUT2D eigenvalue weighted by molar-refractivity contribution is 7.98. The first kappa shape index (κ1) is 11.0. The number of thioether (sulfide) groups is 1. The predicted octanol–water partition coefficient (Wildman–Crippen LogP) is 1.88. The summed E-state index contributed by atoms with van der Waals surface area (Å²) in [5, 5.41) is 0. The number of carbonyl (C=O) groups is 1. The van der Waals surface area contributed by atoms with Crippen LogP contribution in [0.1, 0.15) is 12.5 Å². The third-order valence-electron chi connectivity index (χ3n) is 1.55. The van der Waals surface area contributed by atoms with Crippen LogP contribution in [0, 0.1) is 0 Å². The number of hydrogen-bond acceptors (Lipinski definition) is 4. The second-order valence-corrected chi connectivity index (χ2v) is 3.85. The molecule has 0 bridgehead atoms. The average Bonchev–Trinajstić information content (AvgIpc) is 2.18. The van der Waals surface area contributed by atoms with E-state index in [4.69, 9.17) is 4.74 Å². The van der Waals surface area contributed by atoms with Crippen molar-refractivity contribution in [2.75, 3.05) is 12.4 Å². The minimum Gasteiger partial charge on any atom is -0.465 e. The Labute approximate surface area is 87.9 Å². The van der Waals surface area contributed by atoms with Crippen molar-refractivity contribution in [1.29, 1.82) is 0 Å². The lowest BCUT2D eigenvalue weighted by atomic mass is 10.3. The molecule has 0 saturated carbocycles. The van der Waals surface area contributed by atoms with Gasteiger partial charge in [0.1, 0.15) is 6.61 Å². The summed E-state index contributed by atoms with van der Waals surface area (Å²) in [6.45, 7) is 1.92. The van der Waals surface area contributed by atoms with E-state index >= 15 is 0 Å². The molecule has 1 rings (SSSR count). The Morgan fingerprint density at radius 1 is 1.50 bits per heavy atom. The van der Waals surface area contributed by atoms with Crippen molar-refractivity contribution in [3.8, 4) is 0 Å². The molecule has 0 amide bonds. The summed E-state index contributed by atoms with van der Waals surface area (Å²) < 4.78 is 4.81. The van der Waals surface area contributed by atoms with E-state index in [1.165, 1.54) is 12.5 Å². The molecule has 1 aromatic heterocycles. The van der Waals surface area contributed by atoms with Gasteiger partial charge in [0.15, 0.2) is 0 Å². The minimum atomic E-state index is -0.213. The Kier molecular flexibility index (Phi) is 5.07. The second kappa shape index (κ2) is 6.43. The molecule has 0 saturated heterocycles. The molecule has 0 aromatic carbocycles. The highest BCUT2D eigenvalue weighted by Gasteiger charge is 1.94. The van der Waals surface area contributed by atoms with Crippen molar-refractivity contribution in [3.63, 3.8) is 0 Å². The van der Waals surface area contributed by atoms with Crippen LogP contribution in [0.3, 0.4) is 0 Å². The smallest absolute Gasteiger partial charge is 0.302 e. The van der Waals surface area contributed by atoms with Gasteiger partial charge in [-0.25, -0.2) is 0 Å². The Balaban J connectivity index is 2.08. The van der Waals surface area contributed by atoms with Crippen molar-refractivity contribution < 1.29 is 9.53 Å². The average molecular weight is 211 g/mol. The van der Waals surface area contributed by atoms with E-state index in [2.05, 4.69) is 4.98 Å². The number of rotatable bonds is 5. The molecular weight excluding hydrogens is 198 g/mol. The van der Waals surface area contributed by atoms with Crippen LogP contribution in [-0.2, 0) is 15.3 Å². The monoisotopic (exact) mass is 211 g/mol. The zero-order valence-electron chi connectivity index (χ0n) is 8.10. The Bertz CT molecular complexity index is 277. The predicted molar refractivity (Wildman–Crippen MR) is 57.0 cm³/mol. The standard InChI is InChI=1S/C10H13NO2S/c1-9(12)13-6-7-14-8-10-2-4-11-5-3-10/h2-5H,6-8H2,1H3. The molecule has 0 unspecified atom stereocenters. The summed E-state index contributed by atoms with van der Waals surface area (Å²) >= 11 is 1.74. The molecule has 76 valence electrons. The van der Waals surface area contributed by atoms with Crippen LogP contribution in [0.5, 0.6) is 0 Å². The van der Waals surface area contributed by atoms with E-state index in [9.17, 15) is 4.79 Å². The zero-order chi connectivity index (χ0) is 10.2. The van der Waals surface area contributed by atoms with Crippen LogP contribution in [0.2, 0.25) is 0 Å². The number of carbonyl (C=O) groups excluding carboxylic acids is 1. The number of nitrogens with zero attached hydrogens (tertiary/aromatic N) is 1. The van der Waals surface area contributed by atoms with Crippen LogP contribution in [0.25, 0.3) is 0 Å². The molecule has 0 fully saturated rings. The molecule has 1 aromatic rings. The van der Waals surface area contributed by atoms with Crippen molar-refractivity contribution in [1.82, 2.24) is 4.98 Å². The SMILES string of the molecule is CC(=O)OCCSCc1ccncc1. The molecule has 1 heterocycles. The fourth-order valence-corrected chi connectivity index (χ4v) is 1.69. The molecule has 3 nitrogen and oxygen atoms in total. The van der Waals surface area contributed by atoms with E-state index in [0.29, 0.717) is 6.61 Å². The molecule has 0 aliphatic rings. The number of esters is 1. The molecule has 0 N–H and O–H groups in total. The number of hydrogen-bond donors (Lipinski definition) is 0. The van der Waals surface area contributed by atoms with Crippen LogP contribution in [0.15, 0.2) is 24.5 Å². The van der Waals surface area contributed by atoms with Crippen molar-refractivity contribution in [3.05, 3.63) is 30.1 Å². The van der Waals surface area contributed by atoms with Crippen molar-refractivity contribution >= 4 is 17.7 Å². The van der Waals surface area contributed by atoms with Gasteiger partial charge in [-0.1, -0.05) is 0 Å². The normalized spacial score (nSPS) is 9.79. The van der Waals surface area contributed by atoms with E-state index in [1.54, 1.807) is 24.2 Å². The van der Waals surface area contributed by atoms with Crippen LogP contribution < -0.4 is 0 Å². The van der Waals surface area contributed by atoms with Gasteiger partial charge >= 0.3 is 5.97 Å². The van der Waals surface area contributed by atoms with Crippen molar-refractivity contribution in [2.45, 2.75) is 12.7 Å². The van der Waals surface area contributed by atoms with Crippen LogP contribution >= 0.6 is 11.8 Å². The summed E-state index contributed by atoms with van der Waals surface area (Å²) in [5.74, 6) is 1.56. The summed E-state index contributed by atoms with van der Waals surface area (Å²) in [6, 6.07) is 3.97. The van der Waals surface area contributed by atoms with E-state index < -0.39 is 0 Å². The largest absolute Gasteiger partial charge is 0.465 e. The molecule has 0 radical (unpaired) electrons. The molecule has 0 spiro atoms. The van der Waals surface area contributed by atoms with E-state index in [-0.39, 0.29) is 5.97 Å². The zero-order valence-corrected chi connectivity index (χ0v) is 8.92. The first-order chi connectivity index (χ1) is 6.79. The maximum Gasteiger partial charge on any atom is 0.302 e. The van der Waals surface area contributed by atoms with Gasteiger partial charge < -0.3 is 4.74 Å². The van der Waals surface area contributed by atoms with Gasteiger partial charge in [0.25, 0.3) is 0 Å². The van der Waals surface area contributed by atoms with Gasteiger partial charge in [-0.05, 0) is 17.7 Å². The molecule has 4 heteroatoms. The maximum absolute atomic E-state index is 10.4. The van der Waals surface area contributed by atoms with Gasteiger partial charge in [0.2, 0.25) is 0 Å². The highest BCUT2D eigenvalue weighted by atomic mass is 32.2. The van der Waals surface area contributed by atoms with Crippen LogP contribution in [-0.4, -0.2) is 23.3 Å². The van der Waals surface area contributed by atoms with Crippen LogP contribution in [0.4, 0.5) is 0 Å². The third kappa shape index (κ3) is 4.87. The maximum atomic E-state index is 10.4. The third-order valence-corrected chi connectivity index (χ3v) is 2.54.